The Labute approximate surface area is 450 Å². The van der Waals surface area contributed by atoms with E-state index in [1.54, 1.807) is 30.3 Å². The van der Waals surface area contributed by atoms with E-state index in [9.17, 15) is 2.74 Å². The molecule has 6 heteroatoms. The van der Waals surface area contributed by atoms with Crippen LogP contribution in [0.2, 0.25) is 0 Å². The van der Waals surface area contributed by atoms with Crippen LogP contribution in [-0.4, -0.2) is 14.1 Å². The topological polar surface area (TPSA) is 35.9 Å². The maximum Gasteiger partial charge on any atom is 0.268 e. The third kappa shape index (κ3) is 7.33. The van der Waals surface area contributed by atoms with Crippen molar-refractivity contribution in [1.82, 2.24) is 14.1 Å². The van der Waals surface area contributed by atoms with Gasteiger partial charge in [-0.2, -0.15) is 18.2 Å². The molecule has 13 rings (SSSR count). The van der Waals surface area contributed by atoms with E-state index in [1.165, 1.54) is 18.2 Å². The van der Waals surface area contributed by atoms with Gasteiger partial charge in [-0.05, 0) is 121 Å². The monoisotopic (exact) mass is 1120 g/mol. The third-order valence-electron chi connectivity index (χ3n) is 13.5. The Bertz CT molecular complexity index is 4590. The van der Waals surface area contributed by atoms with Gasteiger partial charge in [0.05, 0.1) is 23.6 Å². The molecular formula is C66H48N4OPt-2. The zero-order chi connectivity index (χ0) is 57.3. The molecule has 0 saturated heterocycles. The Balaban J connectivity index is 0.00000680. The maximum absolute atomic E-state index is 9.29. The van der Waals surface area contributed by atoms with Crippen LogP contribution in [-0.2, 0) is 26.5 Å². The average Bonchev–Trinajstić information content (AvgIpc) is 4.21. The van der Waals surface area contributed by atoms with Gasteiger partial charge >= 0.3 is 0 Å². The second-order valence-corrected chi connectivity index (χ2v) is 18.7. The number of nitrogens with zero attached hydrogens (tertiary/aromatic N) is 4. The van der Waals surface area contributed by atoms with E-state index in [0.29, 0.717) is 78.4 Å². The average molecular weight is 1120 g/mol. The first-order valence-electron chi connectivity index (χ1n) is 28.9. The molecule has 12 aromatic rings. The quantitative estimate of drug-likeness (QED) is 0.123. The van der Waals surface area contributed by atoms with Crippen LogP contribution in [0.4, 0.5) is 0 Å². The Hall–Kier alpha value is -8.11. The Morgan fingerprint density at radius 3 is 2.04 bits per heavy atom. The molecule has 9 aromatic carbocycles. The Morgan fingerprint density at radius 1 is 0.583 bits per heavy atom. The molecule has 0 bridgehead atoms. The van der Waals surface area contributed by atoms with Crippen molar-refractivity contribution in [1.29, 1.82) is 0 Å². The smallest absolute Gasteiger partial charge is 0.268 e. The molecule has 3 aromatic heterocycles. The standard InChI is InChI=1S/C66H48N4O.Pt/c1-42-18-13-19-43(2)62(42)56-30-16-29-55-51-25-10-9-24-50(51)54-28-15-27-49(44-20-7-6-8-21-44)63(54)57-31-17-33-59-65(57)69(64(55)56)41-68(59)46-22-14-23-47(39-46)71-48-34-35-53-52-26-11-12-32-58(52)70(60(53)40-48)61-38-45(36-37-67-61)66(3,4)5;/h6-38H,1-5H3;/q-2;/i1D3,2D3,6D,7D,8D,20D,21D;. The van der Waals surface area contributed by atoms with Gasteiger partial charge in [-0.25, -0.2) is 4.98 Å². The fourth-order valence-electron chi connectivity index (χ4n) is 10.3. The summed E-state index contributed by atoms with van der Waals surface area (Å²) >= 11 is 0. The summed E-state index contributed by atoms with van der Waals surface area (Å²) in [5, 5.41) is 2.00. The molecule has 0 saturated carbocycles. The van der Waals surface area contributed by atoms with Gasteiger partial charge in [0.15, 0.2) is 0 Å². The van der Waals surface area contributed by atoms with Crippen LogP contribution in [0.15, 0.2) is 200 Å². The van der Waals surface area contributed by atoms with Crippen molar-refractivity contribution in [3.63, 3.8) is 0 Å². The number of hydrogen-bond donors (Lipinski definition) is 0. The van der Waals surface area contributed by atoms with Crippen LogP contribution in [0.3, 0.4) is 0 Å². The number of aryl methyl sites for hydroxylation is 2. The van der Waals surface area contributed by atoms with E-state index in [0.717, 1.165) is 33.2 Å². The first-order valence-corrected chi connectivity index (χ1v) is 23.4. The fourth-order valence-corrected chi connectivity index (χ4v) is 10.3. The molecular weight excluding hydrogens is 1060 g/mol. The molecule has 1 aliphatic rings. The number of ether oxygens (including phenoxy) is 1. The first kappa shape index (κ1) is 34.3. The van der Waals surface area contributed by atoms with Crippen molar-refractivity contribution in [3.05, 3.63) is 235 Å². The molecule has 0 radical (unpaired) electrons. The predicted octanol–water partition coefficient (Wildman–Crippen LogP) is 16.2. The van der Waals surface area contributed by atoms with Crippen LogP contribution in [0, 0.1) is 32.2 Å². The minimum Gasteiger partial charge on any atom is -0.510 e. The number of benzene rings is 9. The first-order chi connectivity index (χ1) is 39.2. The minimum atomic E-state index is -2.75. The molecule has 350 valence electrons. The molecule has 72 heavy (non-hydrogen) atoms. The molecule has 0 spiro atoms. The van der Waals surface area contributed by atoms with Gasteiger partial charge in [-0.3, -0.25) is 4.57 Å². The van der Waals surface area contributed by atoms with E-state index < -0.39 is 31.8 Å². The summed E-state index contributed by atoms with van der Waals surface area (Å²) in [6, 6.07) is 55.1. The zero-order valence-electron chi connectivity index (χ0n) is 50.2. The van der Waals surface area contributed by atoms with Gasteiger partial charge in [0, 0.05) is 52.5 Å². The molecule has 0 N–H and O–H groups in total. The predicted molar refractivity (Wildman–Crippen MR) is 289 cm³/mol. The molecule has 1 aliphatic heterocycles. The van der Waals surface area contributed by atoms with Gasteiger partial charge in [0.1, 0.15) is 5.82 Å². The van der Waals surface area contributed by atoms with E-state index in [4.69, 9.17) is 22.1 Å². The Kier molecular flexibility index (Phi) is 8.39. The third-order valence-corrected chi connectivity index (χ3v) is 13.5. The van der Waals surface area contributed by atoms with E-state index >= 15 is 0 Å². The number of pyridine rings is 1. The maximum atomic E-state index is 9.29. The molecule has 5 nitrogen and oxygen atoms in total. The van der Waals surface area contributed by atoms with Crippen molar-refractivity contribution >= 4 is 32.8 Å². The van der Waals surface area contributed by atoms with Gasteiger partial charge in [-0.15, -0.1) is 29.7 Å². The van der Waals surface area contributed by atoms with Crippen molar-refractivity contribution in [2.45, 2.75) is 39.9 Å². The summed E-state index contributed by atoms with van der Waals surface area (Å²) in [5.41, 5.74) is 8.91. The number of fused-ring (bicyclic) bond motifs is 10. The van der Waals surface area contributed by atoms with E-state index in [2.05, 4.69) is 62.0 Å². The van der Waals surface area contributed by atoms with Crippen molar-refractivity contribution in [2.24, 2.45) is 0 Å². The molecule has 4 heterocycles. The largest absolute Gasteiger partial charge is 0.510 e. The summed E-state index contributed by atoms with van der Waals surface area (Å²) in [6.45, 7) is 1.01. The van der Waals surface area contributed by atoms with E-state index in [1.807, 2.05) is 112 Å². The summed E-state index contributed by atoms with van der Waals surface area (Å²) in [7, 11) is 0. The summed E-state index contributed by atoms with van der Waals surface area (Å²) < 4.78 is 110. The number of para-hydroxylation sites is 3. The van der Waals surface area contributed by atoms with Crippen LogP contribution in [0.1, 0.15) is 52.5 Å². The van der Waals surface area contributed by atoms with Crippen molar-refractivity contribution in [3.8, 4) is 84.3 Å². The number of hydrogen-bond acceptors (Lipinski definition) is 2. The normalized spacial score (nSPS) is 14.4. The summed E-state index contributed by atoms with van der Waals surface area (Å²) in [5.74, 6) is 1.51. The second kappa shape index (κ2) is 17.6. The molecule has 0 fully saturated rings. The molecule has 0 atom stereocenters. The number of imidazole rings is 1. The van der Waals surface area contributed by atoms with Crippen LogP contribution >= 0.6 is 0 Å². The number of rotatable bonds is 6. The zero-order valence-corrected chi connectivity index (χ0v) is 41.5. The summed E-state index contributed by atoms with van der Waals surface area (Å²) in [4.78, 5) is 4.84. The van der Waals surface area contributed by atoms with Gasteiger partial charge in [0.25, 0.3) is 6.33 Å². The minimum absolute atomic E-state index is 0. The number of aromatic nitrogens is 4. The van der Waals surface area contributed by atoms with Crippen LogP contribution in [0.5, 0.6) is 11.5 Å². The molecule has 0 amide bonds. The summed E-state index contributed by atoms with van der Waals surface area (Å²) in [6.07, 6.45) is 5.49. The van der Waals surface area contributed by atoms with Gasteiger partial charge in [0.2, 0.25) is 0 Å². The van der Waals surface area contributed by atoms with Crippen molar-refractivity contribution in [2.75, 3.05) is 0 Å². The Morgan fingerprint density at radius 2 is 1.24 bits per heavy atom. The fraction of sp³-hybridized carbons (Fsp3) is 0.0909. The molecule has 0 aliphatic carbocycles. The SMILES string of the molecule is [2H]c1c([2H])c([2H])c(-c2cccc3c2-c2cccc4c2[n+]([c-]n4-c2[c-]c(Oc4[c-]c5c(cc4)c4ccccc4n5-c4cc(C(C)(C)C)ccn4)ccc2)-c2c(cccc2-c2c(C([2H])([2H])[2H])cccc2C([2H])([2H])[2H])-c2ccccc2-3)c([2H])c1[2H].[Pt]. The van der Waals surface area contributed by atoms with Crippen molar-refractivity contribution < 1.29 is 45.4 Å². The van der Waals surface area contributed by atoms with Gasteiger partial charge < -0.3 is 13.9 Å². The molecule has 0 unspecified atom stereocenters. The van der Waals surface area contributed by atoms with Crippen LogP contribution < -0.4 is 9.30 Å². The van der Waals surface area contributed by atoms with Gasteiger partial charge in [-0.1, -0.05) is 172 Å². The van der Waals surface area contributed by atoms with E-state index in [-0.39, 0.29) is 60.8 Å². The van der Waals surface area contributed by atoms with Crippen LogP contribution in [0.25, 0.3) is 106 Å². The second-order valence-electron chi connectivity index (χ2n) is 18.7.